The predicted molar refractivity (Wildman–Crippen MR) is 62.6 cm³/mol. The number of carboxylic acid groups (broad SMARTS) is 1. The zero-order valence-corrected chi connectivity index (χ0v) is 10.5. The third-order valence-electron chi connectivity index (χ3n) is 1.99. The van der Waals surface area contributed by atoms with E-state index in [2.05, 4.69) is 15.9 Å². The first-order valence-electron chi connectivity index (χ1n) is 4.73. The Balaban J connectivity index is 2.57. The fourth-order valence-electron chi connectivity index (χ4n) is 1.12. The predicted octanol–water partition coefficient (Wildman–Crippen LogP) is 2.31. The minimum atomic E-state index is -0.937. The maximum absolute atomic E-state index is 10.7. The lowest BCUT2D eigenvalue weighted by atomic mass is 10.1. The summed E-state index contributed by atoms with van der Waals surface area (Å²) in [6.45, 7) is 1.50. The number of carbonyl (C=O) groups is 1. The third-order valence-corrected chi connectivity index (χ3v) is 2.73. The zero-order chi connectivity index (χ0) is 12.0. The van der Waals surface area contributed by atoms with Crippen LogP contribution in [-0.2, 0) is 16.1 Å². The molecule has 16 heavy (non-hydrogen) atoms. The Morgan fingerprint density at radius 3 is 2.75 bits per heavy atom. The second kappa shape index (κ2) is 6.62. The molecule has 0 fully saturated rings. The van der Waals surface area contributed by atoms with Crippen LogP contribution >= 0.6 is 15.9 Å². The molecule has 1 rings (SSSR count). The van der Waals surface area contributed by atoms with Crippen LogP contribution < -0.4 is 0 Å². The first-order chi connectivity index (χ1) is 7.65. The van der Waals surface area contributed by atoms with Crippen LogP contribution in [0.2, 0.25) is 0 Å². The number of ether oxygens (including phenoxy) is 2. The molecule has 1 aromatic carbocycles. The van der Waals surface area contributed by atoms with Crippen molar-refractivity contribution in [2.45, 2.75) is 6.61 Å². The molecule has 4 nitrogen and oxygen atoms in total. The summed E-state index contributed by atoms with van der Waals surface area (Å²) < 4.78 is 10.9. The number of rotatable bonds is 6. The summed E-state index contributed by atoms with van der Waals surface area (Å²) in [4.78, 5) is 10.7. The highest BCUT2D eigenvalue weighted by Gasteiger charge is 2.06. The molecule has 88 valence electrons. The number of methoxy groups -OCH3 is 1. The van der Waals surface area contributed by atoms with Crippen molar-refractivity contribution in [2.75, 3.05) is 20.3 Å². The van der Waals surface area contributed by atoms with E-state index in [0.29, 0.717) is 19.8 Å². The molecule has 1 aromatic rings. The van der Waals surface area contributed by atoms with Crippen molar-refractivity contribution >= 4 is 21.9 Å². The van der Waals surface area contributed by atoms with E-state index < -0.39 is 5.97 Å². The Labute approximate surface area is 102 Å². The van der Waals surface area contributed by atoms with Crippen LogP contribution in [0.25, 0.3) is 0 Å². The molecular formula is C11H13BrO4. The van der Waals surface area contributed by atoms with Crippen LogP contribution in [0.4, 0.5) is 0 Å². The molecule has 5 heteroatoms. The average Bonchev–Trinajstić information content (AvgIpc) is 2.26. The van der Waals surface area contributed by atoms with Crippen molar-refractivity contribution in [2.24, 2.45) is 0 Å². The van der Waals surface area contributed by atoms with E-state index in [1.54, 1.807) is 25.3 Å². The molecule has 0 amide bonds. The SMILES string of the molecule is COCCOCc1ccc(C(=O)O)cc1Br. The van der Waals surface area contributed by atoms with Crippen molar-refractivity contribution in [3.8, 4) is 0 Å². The minimum Gasteiger partial charge on any atom is -0.478 e. The monoisotopic (exact) mass is 288 g/mol. The minimum absolute atomic E-state index is 0.257. The van der Waals surface area contributed by atoms with Crippen LogP contribution in [0, 0.1) is 0 Å². The van der Waals surface area contributed by atoms with E-state index in [9.17, 15) is 4.79 Å². The fraction of sp³-hybridized carbons (Fsp3) is 0.364. The van der Waals surface area contributed by atoms with E-state index >= 15 is 0 Å². The van der Waals surface area contributed by atoms with Gasteiger partial charge in [-0.05, 0) is 17.7 Å². The molecule has 0 spiro atoms. The Hall–Kier alpha value is -0.910. The molecule has 0 atom stereocenters. The number of halogens is 1. The summed E-state index contributed by atoms with van der Waals surface area (Å²) in [6, 6.07) is 4.86. The number of hydrogen-bond donors (Lipinski definition) is 1. The van der Waals surface area contributed by atoms with Gasteiger partial charge in [0.05, 0.1) is 25.4 Å². The summed E-state index contributed by atoms with van der Waals surface area (Å²) in [6.07, 6.45) is 0. The van der Waals surface area contributed by atoms with Crippen LogP contribution in [0.3, 0.4) is 0 Å². The van der Waals surface area contributed by atoms with Crippen LogP contribution in [0.1, 0.15) is 15.9 Å². The van der Waals surface area contributed by atoms with E-state index in [4.69, 9.17) is 14.6 Å². The molecule has 0 saturated carbocycles. The lowest BCUT2D eigenvalue weighted by molar-refractivity contribution is 0.0613. The summed E-state index contributed by atoms with van der Waals surface area (Å²) in [5.74, 6) is -0.937. The van der Waals surface area contributed by atoms with Gasteiger partial charge in [0.1, 0.15) is 0 Å². The number of aromatic carboxylic acids is 1. The van der Waals surface area contributed by atoms with Gasteiger partial charge in [0.15, 0.2) is 0 Å². The van der Waals surface area contributed by atoms with Crippen molar-refractivity contribution in [1.29, 1.82) is 0 Å². The highest BCUT2D eigenvalue weighted by molar-refractivity contribution is 9.10. The lowest BCUT2D eigenvalue weighted by Crippen LogP contribution is -2.03. The van der Waals surface area contributed by atoms with E-state index in [1.165, 1.54) is 0 Å². The van der Waals surface area contributed by atoms with Gasteiger partial charge in [-0.25, -0.2) is 4.79 Å². The molecule has 0 heterocycles. The Kier molecular flexibility index (Phi) is 5.45. The van der Waals surface area contributed by atoms with Crippen molar-refractivity contribution < 1.29 is 19.4 Å². The molecule has 0 aliphatic heterocycles. The zero-order valence-electron chi connectivity index (χ0n) is 8.90. The van der Waals surface area contributed by atoms with Gasteiger partial charge in [-0.15, -0.1) is 0 Å². The van der Waals surface area contributed by atoms with Gasteiger partial charge >= 0.3 is 5.97 Å². The normalized spacial score (nSPS) is 10.4. The first kappa shape index (κ1) is 13.2. The van der Waals surface area contributed by atoms with Gasteiger partial charge in [0, 0.05) is 11.6 Å². The molecule has 0 bridgehead atoms. The summed E-state index contributed by atoms with van der Waals surface area (Å²) >= 11 is 3.31. The van der Waals surface area contributed by atoms with Gasteiger partial charge < -0.3 is 14.6 Å². The quantitative estimate of drug-likeness (QED) is 0.816. The summed E-state index contributed by atoms with van der Waals surface area (Å²) in [7, 11) is 1.61. The van der Waals surface area contributed by atoms with Gasteiger partial charge in [-0.3, -0.25) is 0 Å². The highest BCUT2D eigenvalue weighted by Crippen LogP contribution is 2.19. The number of carboxylic acids is 1. The molecule has 0 aromatic heterocycles. The molecule has 0 radical (unpaired) electrons. The third kappa shape index (κ3) is 3.92. The van der Waals surface area contributed by atoms with Crippen LogP contribution in [0.15, 0.2) is 22.7 Å². The smallest absolute Gasteiger partial charge is 0.335 e. The molecular weight excluding hydrogens is 276 g/mol. The van der Waals surface area contributed by atoms with Gasteiger partial charge in [0.25, 0.3) is 0 Å². The van der Waals surface area contributed by atoms with Crippen LogP contribution in [-0.4, -0.2) is 31.4 Å². The standard InChI is InChI=1S/C11H13BrO4/c1-15-4-5-16-7-9-3-2-8(11(13)14)6-10(9)12/h2-3,6H,4-5,7H2,1H3,(H,13,14). The van der Waals surface area contributed by atoms with Crippen molar-refractivity contribution in [1.82, 2.24) is 0 Å². The average molecular weight is 289 g/mol. The Morgan fingerprint density at radius 2 is 2.19 bits per heavy atom. The molecule has 0 aliphatic rings. The second-order valence-corrected chi connectivity index (χ2v) is 4.01. The Bertz CT molecular complexity index is 365. The van der Waals surface area contributed by atoms with Gasteiger partial charge in [-0.1, -0.05) is 22.0 Å². The molecule has 0 unspecified atom stereocenters. The maximum atomic E-state index is 10.7. The van der Waals surface area contributed by atoms with Gasteiger partial charge in [-0.2, -0.15) is 0 Å². The van der Waals surface area contributed by atoms with E-state index in [0.717, 1.165) is 10.0 Å². The maximum Gasteiger partial charge on any atom is 0.335 e. The largest absolute Gasteiger partial charge is 0.478 e. The second-order valence-electron chi connectivity index (χ2n) is 3.16. The highest BCUT2D eigenvalue weighted by atomic mass is 79.9. The Morgan fingerprint density at radius 1 is 1.44 bits per heavy atom. The summed E-state index contributed by atoms with van der Waals surface area (Å²) in [5, 5.41) is 8.78. The fourth-order valence-corrected chi connectivity index (χ4v) is 1.62. The van der Waals surface area contributed by atoms with Crippen LogP contribution in [0.5, 0.6) is 0 Å². The number of hydrogen-bond acceptors (Lipinski definition) is 3. The van der Waals surface area contributed by atoms with E-state index in [-0.39, 0.29) is 5.56 Å². The molecule has 0 aliphatic carbocycles. The summed E-state index contributed by atoms with van der Waals surface area (Å²) in [5.41, 5.74) is 1.17. The van der Waals surface area contributed by atoms with Gasteiger partial charge in [0.2, 0.25) is 0 Å². The first-order valence-corrected chi connectivity index (χ1v) is 5.53. The van der Waals surface area contributed by atoms with E-state index in [1.807, 2.05) is 0 Å². The number of benzene rings is 1. The van der Waals surface area contributed by atoms with Crippen molar-refractivity contribution in [3.05, 3.63) is 33.8 Å². The molecule has 0 saturated heterocycles. The van der Waals surface area contributed by atoms with Crippen molar-refractivity contribution in [3.63, 3.8) is 0 Å². The molecule has 1 N–H and O–H groups in total. The topological polar surface area (TPSA) is 55.8 Å². The lowest BCUT2D eigenvalue weighted by Gasteiger charge is -2.06.